The van der Waals surface area contributed by atoms with E-state index >= 15 is 0 Å². The van der Waals surface area contributed by atoms with Gasteiger partial charge in [0.1, 0.15) is 5.82 Å². The molecule has 1 aromatic rings. The largest absolute Gasteiger partial charge is 0.381 e. The molecule has 1 heterocycles. The van der Waals surface area contributed by atoms with Crippen molar-refractivity contribution in [3.05, 3.63) is 34.6 Å². The molecule has 4 heteroatoms. The Kier molecular flexibility index (Phi) is 4.37. The van der Waals surface area contributed by atoms with Gasteiger partial charge in [0.2, 0.25) is 0 Å². The van der Waals surface area contributed by atoms with E-state index in [1.807, 2.05) is 0 Å². The number of nitrogens with two attached hydrogens (primary N) is 1. The number of hydrogen-bond donors (Lipinski definition) is 1. The van der Waals surface area contributed by atoms with Crippen molar-refractivity contribution >= 4 is 11.6 Å². The summed E-state index contributed by atoms with van der Waals surface area (Å²) < 4.78 is 18.3. The molecule has 0 aromatic heterocycles. The predicted octanol–water partition coefficient (Wildman–Crippen LogP) is 3.30. The van der Waals surface area contributed by atoms with Crippen LogP contribution in [-0.4, -0.2) is 13.2 Å². The minimum Gasteiger partial charge on any atom is -0.381 e. The summed E-state index contributed by atoms with van der Waals surface area (Å²) >= 11 is 5.75. The van der Waals surface area contributed by atoms with Crippen molar-refractivity contribution in [1.82, 2.24) is 0 Å². The molecule has 0 bridgehead atoms. The van der Waals surface area contributed by atoms with Crippen LogP contribution in [-0.2, 0) is 4.74 Å². The van der Waals surface area contributed by atoms with Gasteiger partial charge < -0.3 is 10.5 Å². The Labute approximate surface area is 106 Å². The zero-order chi connectivity index (χ0) is 12.3. The molecule has 1 aliphatic rings. The molecule has 0 spiro atoms. The SMILES string of the molecule is NC(CC1CCOCC1)c1ccc(F)c(Cl)c1. The van der Waals surface area contributed by atoms with Crippen LogP contribution in [0, 0.1) is 11.7 Å². The molecule has 2 rings (SSSR count). The van der Waals surface area contributed by atoms with Crippen LogP contribution in [0.3, 0.4) is 0 Å². The summed E-state index contributed by atoms with van der Waals surface area (Å²) in [6, 6.07) is 4.64. The van der Waals surface area contributed by atoms with E-state index in [4.69, 9.17) is 22.1 Å². The lowest BCUT2D eigenvalue weighted by Crippen LogP contribution is -2.21. The lowest BCUT2D eigenvalue weighted by molar-refractivity contribution is 0.0618. The van der Waals surface area contributed by atoms with Crippen molar-refractivity contribution in [1.29, 1.82) is 0 Å². The third-order valence-corrected chi connectivity index (χ3v) is 3.59. The average Bonchev–Trinajstić information content (AvgIpc) is 2.34. The van der Waals surface area contributed by atoms with Gasteiger partial charge in [0.05, 0.1) is 5.02 Å². The fourth-order valence-corrected chi connectivity index (χ4v) is 2.41. The van der Waals surface area contributed by atoms with Crippen LogP contribution in [0.2, 0.25) is 5.02 Å². The maximum Gasteiger partial charge on any atom is 0.141 e. The summed E-state index contributed by atoms with van der Waals surface area (Å²) in [5, 5.41) is 0.143. The zero-order valence-electron chi connectivity index (χ0n) is 9.66. The van der Waals surface area contributed by atoms with Gasteiger partial charge in [-0.25, -0.2) is 4.39 Å². The van der Waals surface area contributed by atoms with Crippen LogP contribution in [0.25, 0.3) is 0 Å². The van der Waals surface area contributed by atoms with E-state index < -0.39 is 5.82 Å². The Hall–Kier alpha value is -0.640. The quantitative estimate of drug-likeness (QED) is 0.902. The third kappa shape index (κ3) is 3.41. The van der Waals surface area contributed by atoms with Gasteiger partial charge in [-0.15, -0.1) is 0 Å². The van der Waals surface area contributed by atoms with E-state index in [1.54, 1.807) is 12.1 Å². The summed E-state index contributed by atoms with van der Waals surface area (Å²) in [5.41, 5.74) is 7.03. The van der Waals surface area contributed by atoms with Crippen LogP contribution in [0.5, 0.6) is 0 Å². The Bertz CT molecular complexity index is 380. The van der Waals surface area contributed by atoms with Gasteiger partial charge in [-0.1, -0.05) is 17.7 Å². The maximum atomic E-state index is 13.0. The van der Waals surface area contributed by atoms with Crippen molar-refractivity contribution in [3.63, 3.8) is 0 Å². The summed E-state index contributed by atoms with van der Waals surface area (Å²) in [7, 11) is 0. The molecule has 1 fully saturated rings. The first-order valence-corrected chi connectivity index (χ1v) is 6.33. The summed E-state index contributed by atoms with van der Waals surface area (Å²) in [5.74, 6) is 0.205. The first kappa shape index (κ1) is 12.8. The molecule has 0 radical (unpaired) electrons. The summed E-state index contributed by atoms with van der Waals surface area (Å²) in [6.07, 6.45) is 3.02. The second kappa shape index (κ2) is 5.80. The van der Waals surface area contributed by atoms with Crippen LogP contribution in [0.4, 0.5) is 4.39 Å². The molecule has 1 aromatic carbocycles. The van der Waals surface area contributed by atoms with Crippen molar-refractivity contribution in [2.24, 2.45) is 11.7 Å². The summed E-state index contributed by atoms with van der Waals surface area (Å²) in [6.45, 7) is 1.64. The van der Waals surface area contributed by atoms with Gasteiger partial charge in [0, 0.05) is 19.3 Å². The minimum absolute atomic E-state index is 0.0730. The smallest absolute Gasteiger partial charge is 0.141 e. The van der Waals surface area contributed by atoms with Gasteiger partial charge in [-0.05, 0) is 42.9 Å². The van der Waals surface area contributed by atoms with E-state index in [-0.39, 0.29) is 11.1 Å². The predicted molar refractivity (Wildman–Crippen MR) is 66.5 cm³/mol. The molecule has 1 unspecified atom stereocenters. The highest BCUT2D eigenvalue weighted by molar-refractivity contribution is 6.30. The molecular formula is C13H17ClFNO. The first-order chi connectivity index (χ1) is 8.16. The van der Waals surface area contributed by atoms with E-state index in [0.29, 0.717) is 5.92 Å². The Morgan fingerprint density at radius 3 is 2.76 bits per heavy atom. The highest BCUT2D eigenvalue weighted by atomic mass is 35.5. The highest BCUT2D eigenvalue weighted by Gasteiger charge is 2.18. The second-order valence-electron chi connectivity index (χ2n) is 4.57. The lowest BCUT2D eigenvalue weighted by atomic mass is 9.90. The van der Waals surface area contributed by atoms with Crippen molar-refractivity contribution in [2.45, 2.75) is 25.3 Å². The topological polar surface area (TPSA) is 35.2 Å². The molecule has 1 saturated heterocycles. The van der Waals surface area contributed by atoms with Gasteiger partial charge in [-0.2, -0.15) is 0 Å². The molecular weight excluding hydrogens is 241 g/mol. The molecule has 1 aliphatic heterocycles. The van der Waals surface area contributed by atoms with Gasteiger partial charge in [-0.3, -0.25) is 0 Å². The fraction of sp³-hybridized carbons (Fsp3) is 0.538. The monoisotopic (exact) mass is 257 g/mol. The zero-order valence-corrected chi connectivity index (χ0v) is 10.4. The Morgan fingerprint density at radius 1 is 1.41 bits per heavy atom. The number of halogens is 2. The number of benzene rings is 1. The number of hydrogen-bond acceptors (Lipinski definition) is 2. The van der Waals surface area contributed by atoms with Crippen LogP contribution in [0.15, 0.2) is 18.2 Å². The minimum atomic E-state index is -0.395. The first-order valence-electron chi connectivity index (χ1n) is 5.95. The molecule has 1 atom stereocenters. The molecule has 0 aliphatic carbocycles. The van der Waals surface area contributed by atoms with E-state index in [2.05, 4.69) is 0 Å². The third-order valence-electron chi connectivity index (χ3n) is 3.30. The summed E-state index contributed by atoms with van der Waals surface area (Å²) in [4.78, 5) is 0. The van der Waals surface area contributed by atoms with Gasteiger partial charge >= 0.3 is 0 Å². The molecule has 0 saturated carbocycles. The van der Waals surface area contributed by atoms with Crippen LogP contribution < -0.4 is 5.73 Å². The average molecular weight is 258 g/mol. The normalized spacial score (nSPS) is 19.2. The van der Waals surface area contributed by atoms with Crippen LogP contribution in [0.1, 0.15) is 30.9 Å². The maximum absolute atomic E-state index is 13.0. The molecule has 0 amide bonds. The van der Waals surface area contributed by atoms with Gasteiger partial charge in [0.25, 0.3) is 0 Å². The number of rotatable bonds is 3. The molecule has 94 valence electrons. The Morgan fingerprint density at radius 2 is 2.12 bits per heavy atom. The van der Waals surface area contributed by atoms with Crippen molar-refractivity contribution in [2.75, 3.05) is 13.2 Å². The van der Waals surface area contributed by atoms with Crippen molar-refractivity contribution < 1.29 is 9.13 Å². The molecule has 2 N–H and O–H groups in total. The second-order valence-corrected chi connectivity index (χ2v) is 4.98. The molecule has 17 heavy (non-hydrogen) atoms. The Balaban J connectivity index is 1.98. The van der Waals surface area contributed by atoms with Gasteiger partial charge in [0.15, 0.2) is 0 Å². The molecule has 2 nitrogen and oxygen atoms in total. The number of ether oxygens (including phenoxy) is 1. The van der Waals surface area contributed by atoms with Crippen LogP contribution >= 0.6 is 11.6 Å². The van der Waals surface area contributed by atoms with E-state index in [9.17, 15) is 4.39 Å². The standard InChI is InChI=1S/C13H17ClFNO/c14-11-8-10(1-2-12(11)15)13(16)7-9-3-5-17-6-4-9/h1-2,8-9,13H,3-7,16H2. The lowest BCUT2D eigenvalue weighted by Gasteiger charge is -2.25. The van der Waals surface area contributed by atoms with Crippen molar-refractivity contribution in [3.8, 4) is 0 Å². The van der Waals surface area contributed by atoms with E-state index in [0.717, 1.165) is 38.0 Å². The van der Waals surface area contributed by atoms with E-state index in [1.165, 1.54) is 6.07 Å². The fourth-order valence-electron chi connectivity index (χ4n) is 2.22. The highest BCUT2D eigenvalue weighted by Crippen LogP contribution is 2.27.